The van der Waals surface area contributed by atoms with Gasteiger partial charge in [0.25, 0.3) is 0 Å². The van der Waals surface area contributed by atoms with Crippen molar-refractivity contribution in [3.63, 3.8) is 0 Å². The highest BCUT2D eigenvalue weighted by atomic mass is 19.1. The summed E-state index contributed by atoms with van der Waals surface area (Å²) in [6.07, 6.45) is 8.58. The molecule has 3 N–H and O–H groups in total. The zero-order valence-corrected chi connectivity index (χ0v) is 18.4. The van der Waals surface area contributed by atoms with E-state index in [4.69, 9.17) is 9.97 Å². The average Bonchev–Trinajstić information content (AvgIpc) is 3.57. The topological polar surface area (TPSA) is 87.7 Å². The Bertz CT molecular complexity index is 1350. The number of fused-ring (bicyclic) bond motifs is 1. The SMILES string of the molecule is Fc1cccc(F)c1Nc1cc(-c2nc(NC3CCNC3)c3c(C4CC4)cncc3n2)ccn1. The molecule has 9 heteroatoms. The standard InChI is InChI=1S/C25H23F2N7/c26-18-2-1-3-19(27)23(18)33-21-10-15(6-9-30-21)24-32-20-13-29-12-17(14-4-5-14)22(20)25(34-24)31-16-7-8-28-11-16/h1-3,6,9-10,12-14,16,28H,4-5,7-8,11H2,(H,30,33)(H,31,32,34). The van der Waals surface area contributed by atoms with E-state index in [1.807, 2.05) is 6.20 Å². The number of para-hydroxylation sites is 1. The minimum absolute atomic E-state index is 0.249. The molecule has 0 spiro atoms. The fourth-order valence-electron chi connectivity index (χ4n) is 4.40. The zero-order valence-electron chi connectivity index (χ0n) is 18.4. The van der Waals surface area contributed by atoms with Crippen LogP contribution in [0.5, 0.6) is 0 Å². The molecule has 1 aliphatic carbocycles. The van der Waals surface area contributed by atoms with Crippen LogP contribution in [0, 0.1) is 11.6 Å². The second-order valence-electron chi connectivity index (χ2n) is 8.78. The molecule has 3 aromatic heterocycles. The first-order chi connectivity index (χ1) is 16.7. The second-order valence-corrected chi connectivity index (χ2v) is 8.78. The van der Waals surface area contributed by atoms with Gasteiger partial charge in [0.1, 0.15) is 29.0 Å². The monoisotopic (exact) mass is 459 g/mol. The molecule has 0 bridgehead atoms. The minimum atomic E-state index is -0.690. The lowest BCUT2D eigenvalue weighted by atomic mass is 10.1. The third-order valence-electron chi connectivity index (χ3n) is 6.29. The van der Waals surface area contributed by atoms with Crippen LogP contribution in [0.3, 0.4) is 0 Å². The Morgan fingerprint density at radius 2 is 1.85 bits per heavy atom. The molecule has 1 saturated heterocycles. The van der Waals surface area contributed by atoms with Crippen molar-refractivity contribution < 1.29 is 8.78 Å². The highest BCUT2D eigenvalue weighted by Crippen LogP contribution is 2.44. The molecule has 2 aliphatic rings. The number of aromatic nitrogens is 4. The number of hydrogen-bond donors (Lipinski definition) is 3. The molecule has 1 aromatic carbocycles. The number of pyridine rings is 2. The van der Waals surface area contributed by atoms with Crippen LogP contribution in [-0.2, 0) is 0 Å². The number of hydrogen-bond acceptors (Lipinski definition) is 7. The van der Waals surface area contributed by atoms with Gasteiger partial charge in [-0.1, -0.05) is 6.07 Å². The summed E-state index contributed by atoms with van der Waals surface area (Å²) in [5.74, 6) is 0.707. The lowest BCUT2D eigenvalue weighted by Crippen LogP contribution is -2.23. The maximum atomic E-state index is 14.1. The molecule has 1 atom stereocenters. The molecule has 172 valence electrons. The van der Waals surface area contributed by atoms with Gasteiger partial charge in [-0.25, -0.2) is 23.7 Å². The van der Waals surface area contributed by atoms with E-state index in [0.717, 1.165) is 49.1 Å². The molecule has 1 unspecified atom stereocenters. The Labute approximate surface area is 195 Å². The van der Waals surface area contributed by atoms with E-state index in [2.05, 4.69) is 25.9 Å². The molecule has 4 aromatic rings. The van der Waals surface area contributed by atoms with Crippen molar-refractivity contribution in [2.45, 2.75) is 31.2 Å². The summed E-state index contributed by atoms with van der Waals surface area (Å²) in [6.45, 7) is 1.85. The summed E-state index contributed by atoms with van der Waals surface area (Å²) in [7, 11) is 0. The van der Waals surface area contributed by atoms with E-state index in [0.29, 0.717) is 23.1 Å². The number of anilines is 3. The van der Waals surface area contributed by atoms with Crippen molar-refractivity contribution in [3.05, 3.63) is 66.1 Å². The van der Waals surface area contributed by atoms with Gasteiger partial charge in [-0.05, 0) is 61.6 Å². The summed E-state index contributed by atoms with van der Waals surface area (Å²) >= 11 is 0. The second kappa shape index (κ2) is 8.57. The molecular formula is C25H23F2N7. The lowest BCUT2D eigenvalue weighted by molar-refractivity contribution is 0.590. The molecule has 7 nitrogen and oxygen atoms in total. The zero-order chi connectivity index (χ0) is 23.1. The smallest absolute Gasteiger partial charge is 0.162 e. The molecule has 4 heterocycles. The van der Waals surface area contributed by atoms with Crippen molar-refractivity contribution in [2.75, 3.05) is 23.7 Å². The van der Waals surface area contributed by atoms with Gasteiger partial charge in [0.15, 0.2) is 5.82 Å². The van der Waals surface area contributed by atoms with E-state index in [1.54, 1.807) is 24.5 Å². The van der Waals surface area contributed by atoms with Crippen LogP contribution in [0.4, 0.5) is 26.1 Å². The normalized spacial score (nSPS) is 17.8. The summed E-state index contributed by atoms with van der Waals surface area (Å²) in [4.78, 5) is 18.4. The molecule has 6 rings (SSSR count). The summed E-state index contributed by atoms with van der Waals surface area (Å²) in [5, 5.41) is 10.8. The largest absolute Gasteiger partial charge is 0.365 e. The highest BCUT2D eigenvalue weighted by Gasteiger charge is 2.28. The first-order valence-electron chi connectivity index (χ1n) is 11.5. The first-order valence-corrected chi connectivity index (χ1v) is 11.5. The molecule has 2 fully saturated rings. The van der Waals surface area contributed by atoms with Crippen molar-refractivity contribution in [3.8, 4) is 11.4 Å². The predicted molar refractivity (Wildman–Crippen MR) is 127 cm³/mol. The van der Waals surface area contributed by atoms with Crippen molar-refractivity contribution in [2.24, 2.45) is 0 Å². The van der Waals surface area contributed by atoms with Crippen LogP contribution in [-0.4, -0.2) is 39.1 Å². The van der Waals surface area contributed by atoms with E-state index >= 15 is 0 Å². The fourth-order valence-corrected chi connectivity index (χ4v) is 4.40. The fraction of sp³-hybridized carbons (Fsp3) is 0.280. The maximum absolute atomic E-state index is 14.1. The van der Waals surface area contributed by atoms with Gasteiger partial charge in [0.05, 0.1) is 11.7 Å². The van der Waals surface area contributed by atoms with E-state index in [9.17, 15) is 8.78 Å². The van der Waals surface area contributed by atoms with Crippen molar-refractivity contribution >= 4 is 28.2 Å². The van der Waals surface area contributed by atoms with Crippen LogP contribution in [0.2, 0.25) is 0 Å². The molecule has 0 amide bonds. The average molecular weight is 460 g/mol. The Balaban J connectivity index is 1.42. The number of benzene rings is 1. The van der Waals surface area contributed by atoms with Crippen molar-refractivity contribution in [1.82, 2.24) is 25.3 Å². The van der Waals surface area contributed by atoms with Gasteiger partial charge >= 0.3 is 0 Å². The number of nitrogens with one attached hydrogen (secondary N) is 3. The van der Waals surface area contributed by atoms with E-state index in [1.165, 1.54) is 23.8 Å². The lowest BCUT2D eigenvalue weighted by Gasteiger charge is -2.17. The molecule has 34 heavy (non-hydrogen) atoms. The summed E-state index contributed by atoms with van der Waals surface area (Å²) < 4.78 is 28.2. The van der Waals surface area contributed by atoms with E-state index < -0.39 is 11.6 Å². The summed E-state index contributed by atoms with van der Waals surface area (Å²) in [5.41, 5.74) is 2.39. The number of halogens is 2. The van der Waals surface area contributed by atoms with Crippen LogP contribution in [0.15, 0.2) is 48.9 Å². The number of nitrogens with zero attached hydrogens (tertiary/aromatic N) is 4. The quantitative estimate of drug-likeness (QED) is 0.383. The van der Waals surface area contributed by atoms with Crippen LogP contribution < -0.4 is 16.0 Å². The Kier molecular flexibility index (Phi) is 5.26. The highest BCUT2D eigenvalue weighted by molar-refractivity contribution is 5.93. The molecule has 0 radical (unpaired) electrons. The van der Waals surface area contributed by atoms with Gasteiger partial charge in [0.2, 0.25) is 0 Å². The minimum Gasteiger partial charge on any atom is -0.365 e. The predicted octanol–water partition coefficient (Wildman–Crippen LogP) is 4.76. The van der Waals surface area contributed by atoms with Gasteiger partial charge in [-0.15, -0.1) is 0 Å². The first kappa shape index (κ1) is 20.9. The Hall–Kier alpha value is -3.72. The Morgan fingerprint density at radius 1 is 1.00 bits per heavy atom. The maximum Gasteiger partial charge on any atom is 0.162 e. The van der Waals surface area contributed by atoms with Crippen LogP contribution >= 0.6 is 0 Å². The van der Waals surface area contributed by atoms with E-state index in [-0.39, 0.29) is 11.7 Å². The van der Waals surface area contributed by atoms with Gasteiger partial charge < -0.3 is 16.0 Å². The third-order valence-corrected chi connectivity index (χ3v) is 6.29. The van der Waals surface area contributed by atoms with Gasteiger partial charge in [0, 0.05) is 35.9 Å². The molecule has 1 aliphatic heterocycles. The van der Waals surface area contributed by atoms with Gasteiger partial charge in [-0.2, -0.15) is 0 Å². The van der Waals surface area contributed by atoms with Crippen LogP contribution in [0.25, 0.3) is 22.3 Å². The van der Waals surface area contributed by atoms with Crippen LogP contribution in [0.1, 0.15) is 30.7 Å². The Morgan fingerprint density at radius 3 is 2.62 bits per heavy atom. The third kappa shape index (κ3) is 4.03. The molecular weight excluding hydrogens is 436 g/mol. The van der Waals surface area contributed by atoms with Crippen molar-refractivity contribution in [1.29, 1.82) is 0 Å². The number of rotatable bonds is 6. The molecule has 1 saturated carbocycles. The van der Waals surface area contributed by atoms with Gasteiger partial charge in [-0.3, -0.25) is 4.98 Å². The summed E-state index contributed by atoms with van der Waals surface area (Å²) in [6, 6.07) is 7.46.